The minimum atomic E-state index is -1.01. The summed E-state index contributed by atoms with van der Waals surface area (Å²) in [6.45, 7) is 0.117. The van der Waals surface area contributed by atoms with Gasteiger partial charge in [-0.3, -0.25) is 14.5 Å². The molecule has 7 heteroatoms. The van der Waals surface area contributed by atoms with Gasteiger partial charge in [0.2, 0.25) is 5.91 Å². The minimum absolute atomic E-state index is 0.0143. The van der Waals surface area contributed by atoms with Crippen LogP contribution in [0, 0.1) is 11.8 Å². The third-order valence-corrected chi connectivity index (χ3v) is 6.94. The number of aliphatic imine (C=N–C) groups is 1. The number of carbonyl (C=O) groups excluding carboxylic acids is 2. The van der Waals surface area contributed by atoms with Gasteiger partial charge in [-0.1, -0.05) is 80.7 Å². The number of carbonyl (C=O) groups is 2. The van der Waals surface area contributed by atoms with Crippen LogP contribution in [-0.4, -0.2) is 54.0 Å². The van der Waals surface area contributed by atoms with Gasteiger partial charge in [-0.25, -0.2) is 4.99 Å². The number of hydrogen-bond donors (Lipinski definition) is 2. The fourth-order valence-corrected chi connectivity index (χ4v) is 5.10. The second kappa shape index (κ2) is 9.86. The summed E-state index contributed by atoms with van der Waals surface area (Å²) in [7, 11) is 1.66. The number of nitrogens with zero attached hydrogens (tertiary/aromatic N) is 2. The molecule has 172 valence electrons. The van der Waals surface area contributed by atoms with Crippen LogP contribution >= 0.6 is 0 Å². The normalized spacial score (nSPS) is 32.4. The van der Waals surface area contributed by atoms with Crippen LogP contribution in [0.4, 0.5) is 0 Å². The highest BCUT2D eigenvalue weighted by molar-refractivity contribution is 6.06. The summed E-state index contributed by atoms with van der Waals surface area (Å²) in [5.41, 5.74) is 5.03. The number of ether oxygens (including phenoxy) is 1. The van der Waals surface area contributed by atoms with Crippen molar-refractivity contribution >= 4 is 17.8 Å². The Balaban J connectivity index is 1.45. The van der Waals surface area contributed by atoms with Crippen LogP contribution in [0.5, 0.6) is 0 Å². The Morgan fingerprint density at radius 1 is 1.19 bits per heavy atom. The summed E-state index contributed by atoms with van der Waals surface area (Å²) in [6, 6.07) is -0.0143. The topological polar surface area (TPSA) is 97.0 Å². The molecule has 1 aliphatic heterocycles. The first-order valence-electron chi connectivity index (χ1n) is 11.7. The van der Waals surface area contributed by atoms with Crippen molar-refractivity contribution in [2.75, 3.05) is 13.7 Å². The summed E-state index contributed by atoms with van der Waals surface area (Å²) < 4.78 is 6.26. The van der Waals surface area contributed by atoms with Crippen molar-refractivity contribution in [1.82, 2.24) is 10.2 Å². The van der Waals surface area contributed by atoms with E-state index in [2.05, 4.69) is 10.3 Å². The molecule has 0 aromatic rings. The van der Waals surface area contributed by atoms with E-state index in [-0.39, 0.29) is 30.4 Å². The van der Waals surface area contributed by atoms with E-state index in [9.17, 15) is 9.59 Å². The minimum Gasteiger partial charge on any atom is -0.370 e. The molecule has 0 radical (unpaired) electrons. The van der Waals surface area contributed by atoms with E-state index in [4.69, 9.17) is 10.5 Å². The Hall–Kier alpha value is -2.67. The number of allylic oxidation sites excluding steroid dienone is 4. The number of nitrogens with two attached hydrogens (primary N) is 1. The van der Waals surface area contributed by atoms with Crippen molar-refractivity contribution in [3.05, 3.63) is 48.6 Å². The first-order valence-corrected chi connectivity index (χ1v) is 11.7. The Kier molecular flexibility index (Phi) is 6.94. The van der Waals surface area contributed by atoms with Gasteiger partial charge in [-0.05, 0) is 18.8 Å². The van der Waals surface area contributed by atoms with Gasteiger partial charge in [-0.2, -0.15) is 0 Å². The Bertz CT molecular complexity index is 868. The summed E-state index contributed by atoms with van der Waals surface area (Å²) in [4.78, 5) is 32.2. The lowest BCUT2D eigenvalue weighted by Crippen LogP contribution is -2.48. The average Bonchev–Trinajstić information content (AvgIpc) is 3.03. The number of amides is 2. The van der Waals surface area contributed by atoms with Crippen molar-refractivity contribution in [3.63, 3.8) is 0 Å². The van der Waals surface area contributed by atoms with Crippen molar-refractivity contribution in [2.24, 2.45) is 22.6 Å². The highest BCUT2D eigenvalue weighted by Gasteiger charge is 2.48. The molecule has 0 bridgehead atoms. The summed E-state index contributed by atoms with van der Waals surface area (Å²) in [5, 5.41) is 3.08. The molecule has 0 spiro atoms. The molecule has 0 aromatic heterocycles. The third-order valence-electron chi connectivity index (χ3n) is 6.94. The molecule has 1 fully saturated rings. The smallest absolute Gasteiger partial charge is 0.259 e. The lowest BCUT2D eigenvalue weighted by Gasteiger charge is -2.33. The van der Waals surface area contributed by atoms with E-state index in [1.165, 1.54) is 24.2 Å². The molecule has 4 aliphatic rings. The van der Waals surface area contributed by atoms with E-state index in [1.54, 1.807) is 7.05 Å². The molecule has 0 aromatic carbocycles. The molecule has 2 amide bonds. The monoisotopic (exact) mass is 438 g/mol. The molecule has 4 unspecified atom stereocenters. The van der Waals surface area contributed by atoms with Crippen LogP contribution in [0.3, 0.4) is 0 Å². The maximum absolute atomic E-state index is 13.2. The molecule has 1 saturated carbocycles. The fourth-order valence-electron chi connectivity index (χ4n) is 5.10. The zero-order valence-electron chi connectivity index (χ0n) is 18.8. The maximum Gasteiger partial charge on any atom is 0.259 e. The lowest BCUT2D eigenvalue weighted by molar-refractivity contribution is -0.135. The van der Waals surface area contributed by atoms with Crippen LogP contribution in [0.15, 0.2) is 53.6 Å². The standard InChI is InChI=1S/C25H34N4O3/c1-29-23(31)25(28-24(29)26,16-18-10-4-2-5-11-18)17-32-21-15-9-8-14-20(21)22(30)27-19-12-6-3-7-13-19/h3,6-9,12,14-15,18-21H,2,4-5,10-11,13,16-17H2,1H3,(H2,26,28)(H,27,30). The van der Waals surface area contributed by atoms with Crippen molar-refractivity contribution in [2.45, 2.75) is 62.6 Å². The van der Waals surface area contributed by atoms with Gasteiger partial charge >= 0.3 is 0 Å². The molecule has 4 atom stereocenters. The predicted octanol–water partition coefficient (Wildman–Crippen LogP) is 2.61. The molecule has 0 saturated heterocycles. The molecule has 7 nitrogen and oxygen atoms in total. The lowest BCUT2D eigenvalue weighted by atomic mass is 9.79. The van der Waals surface area contributed by atoms with Gasteiger partial charge in [0.05, 0.1) is 24.7 Å². The fraction of sp³-hybridized carbons (Fsp3) is 0.560. The van der Waals surface area contributed by atoms with E-state index >= 15 is 0 Å². The quantitative estimate of drug-likeness (QED) is 0.639. The second-order valence-electron chi connectivity index (χ2n) is 9.31. The van der Waals surface area contributed by atoms with Gasteiger partial charge < -0.3 is 15.8 Å². The molecule has 3 N–H and O–H groups in total. The first-order chi connectivity index (χ1) is 15.5. The van der Waals surface area contributed by atoms with Crippen LogP contribution in [0.1, 0.15) is 44.9 Å². The molecule has 32 heavy (non-hydrogen) atoms. The maximum atomic E-state index is 13.2. The van der Waals surface area contributed by atoms with Gasteiger partial charge in [0.25, 0.3) is 5.91 Å². The van der Waals surface area contributed by atoms with Crippen molar-refractivity contribution in [3.8, 4) is 0 Å². The van der Waals surface area contributed by atoms with E-state index in [0.29, 0.717) is 12.3 Å². The molecular weight excluding hydrogens is 404 g/mol. The highest BCUT2D eigenvalue weighted by Crippen LogP contribution is 2.36. The largest absolute Gasteiger partial charge is 0.370 e. The van der Waals surface area contributed by atoms with Gasteiger partial charge in [-0.15, -0.1) is 0 Å². The Morgan fingerprint density at radius 3 is 2.62 bits per heavy atom. The van der Waals surface area contributed by atoms with Crippen LogP contribution in [0.2, 0.25) is 0 Å². The number of hydrogen-bond acceptors (Lipinski definition) is 5. The number of likely N-dealkylation sites (N-methyl/N-ethyl adjacent to an activating group) is 1. The molecule has 4 rings (SSSR count). The summed E-state index contributed by atoms with van der Waals surface area (Å²) >= 11 is 0. The SMILES string of the molecule is CN1C(=O)C(COC2C=CC=CC2C(=O)NC2C=CC=CC2)(CC2CCCCC2)N=C1N. The van der Waals surface area contributed by atoms with E-state index in [0.717, 1.165) is 19.3 Å². The van der Waals surface area contributed by atoms with Gasteiger partial charge in [0.15, 0.2) is 11.5 Å². The number of rotatable bonds is 7. The number of nitrogens with one attached hydrogen (secondary N) is 1. The van der Waals surface area contributed by atoms with Crippen LogP contribution < -0.4 is 11.1 Å². The highest BCUT2D eigenvalue weighted by atomic mass is 16.5. The molecule has 1 heterocycles. The molecular formula is C25H34N4O3. The third kappa shape index (κ3) is 4.88. The van der Waals surface area contributed by atoms with Crippen molar-refractivity contribution in [1.29, 1.82) is 0 Å². The predicted molar refractivity (Wildman–Crippen MR) is 125 cm³/mol. The molecule has 3 aliphatic carbocycles. The zero-order valence-corrected chi connectivity index (χ0v) is 18.8. The number of guanidine groups is 1. The summed E-state index contributed by atoms with van der Waals surface area (Å²) in [5.74, 6) is 0.0173. The first kappa shape index (κ1) is 22.5. The zero-order chi connectivity index (χ0) is 22.6. The summed E-state index contributed by atoms with van der Waals surface area (Å²) in [6.07, 6.45) is 22.2. The Morgan fingerprint density at radius 2 is 1.94 bits per heavy atom. The van der Waals surface area contributed by atoms with Gasteiger partial charge in [0, 0.05) is 7.05 Å². The van der Waals surface area contributed by atoms with Crippen LogP contribution in [-0.2, 0) is 14.3 Å². The van der Waals surface area contributed by atoms with Gasteiger partial charge in [0.1, 0.15) is 0 Å². The van der Waals surface area contributed by atoms with E-state index < -0.39 is 17.6 Å². The second-order valence-corrected chi connectivity index (χ2v) is 9.31. The van der Waals surface area contributed by atoms with E-state index in [1.807, 2.05) is 48.6 Å². The Labute approximate surface area is 190 Å². The average molecular weight is 439 g/mol. The van der Waals surface area contributed by atoms with Crippen LogP contribution in [0.25, 0.3) is 0 Å². The van der Waals surface area contributed by atoms with Crippen molar-refractivity contribution < 1.29 is 14.3 Å².